The molecule has 144 valence electrons. The van der Waals surface area contributed by atoms with Gasteiger partial charge < -0.3 is 15.0 Å². The van der Waals surface area contributed by atoms with Crippen molar-refractivity contribution in [2.75, 3.05) is 0 Å². The molecule has 3 aromatic rings. The van der Waals surface area contributed by atoms with Crippen molar-refractivity contribution in [3.05, 3.63) is 59.9 Å². The number of nitrogens with one attached hydrogen (secondary N) is 2. The summed E-state index contributed by atoms with van der Waals surface area (Å²) < 4.78 is 5.88. The average Bonchev–Trinajstić information content (AvgIpc) is 3.05. The molecule has 0 bridgehead atoms. The summed E-state index contributed by atoms with van der Waals surface area (Å²) in [4.78, 5) is 32.7. The van der Waals surface area contributed by atoms with Gasteiger partial charge in [0, 0.05) is 34.9 Å². The van der Waals surface area contributed by atoms with Crippen LogP contribution < -0.4 is 10.1 Å². The number of fused-ring (bicyclic) bond motifs is 1. The predicted molar refractivity (Wildman–Crippen MR) is 106 cm³/mol. The Bertz CT molecular complexity index is 989. The fourth-order valence-corrected chi connectivity index (χ4v) is 3.85. The van der Waals surface area contributed by atoms with E-state index in [0.29, 0.717) is 17.1 Å². The van der Waals surface area contributed by atoms with Crippen LogP contribution in [0.4, 0.5) is 0 Å². The van der Waals surface area contributed by atoms with E-state index >= 15 is 0 Å². The molecule has 1 aliphatic rings. The minimum atomic E-state index is -0.540. The first-order valence-corrected chi connectivity index (χ1v) is 9.62. The molecule has 0 spiro atoms. The Balaban J connectivity index is 1.35. The largest absolute Gasteiger partial charge is 0.474 e. The van der Waals surface area contributed by atoms with Crippen LogP contribution in [0.25, 0.3) is 10.9 Å². The molecule has 0 aliphatic heterocycles. The lowest BCUT2D eigenvalue weighted by Gasteiger charge is -2.29. The van der Waals surface area contributed by atoms with Gasteiger partial charge in [-0.1, -0.05) is 24.3 Å². The number of benzene rings is 1. The highest BCUT2D eigenvalue weighted by molar-refractivity contribution is 6.45. The van der Waals surface area contributed by atoms with Crippen molar-refractivity contribution in [1.82, 2.24) is 15.3 Å². The standard InChI is InChI=1S/C22H23N3O3/c1-14-20(17-6-2-3-7-18(17)24-14)21(26)22(27)25-15-9-11-16(12-10-15)28-19-8-4-5-13-23-19/h2-8,13,15-16,24H,9-12H2,1H3,(H,25,27). The number of para-hydroxylation sites is 1. The molecular weight excluding hydrogens is 354 g/mol. The highest BCUT2D eigenvalue weighted by atomic mass is 16.5. The normalized spacial score (nSPS) is 19.3. The first-order valence-electron chi connectivity index (χ1n) is 9.62. The van der Waals surface area contributed by atoms with E-state index in [-0.39, 0.29) is 12.1 Å². The molecule has 2 N–H and O–H groups in total. The van der Waals surface area contributed by atoms with Crippen molar-refractivity contribution in [1.29, 1.82) is 0 Å². The molecule has 6 heteroatoms. The van der Waals surface area contributed by atoms with E-state index in [0.717, 1.165) is 36.6 Å². The number of hydrogen-bond acceptors (Lipinski definition) is 4. The second-order valence-corrected chi connectivity index (χ2v) is 7.23. The van der Waals surface area contributed by atoms with Crippen LogP contribution in [0.15, 0.2) is 48.7 Å². The predicted octanol–water partition coefficient (Wildman–Crippen LogP) is 3.56. The van der Waals surface area contributed by atoms with Crippen LogP contribution in [0.5, 0.6) is 5.88 Å². The second kappa shape index (κ2) is 7.84. The fraction of sp³-hybridized carbons (Fsp3) is 0.318. The van der Waals surface area contributed by atoms with E-state index in [4.69, 9.17) is 4.74 Å². The number of ketones is 1. The molecule has 0 atom stereocenters. The number of aryl methyl sites for hydroxylation is 1. The number of Topliss-reactive ketones (excluding diaryl/α,β-unsaturated/α-hetero) is 1. The number of hydrogen-bond donors (Lipinski definition) is 2. The van der Waals surface area contributed by atoms with Crippen molar-refractivity contribution >= 4 is 22.6 Å². The summed E-state index contributed by atoms with van der Waals surface area (Å²) >= 11 is 0. The van der Waals surface area contributed by atoms with Gasteiger partial charge in [0.05, 0.1) is 5.56 Å². The Hall–Kier alpha value is -3.15. The Labute approximate surface area is 163 Å². The third-order valence-corrected chi connectivity index (χ3v) is 5.26. The van der Waals surface area contributed by atoms with Crippen LogP contribution >= 0.6 is 0 Å². The second-order valence-electron chi connectivity index (χ2n) is 7.23. The first-order chi connectivity index (χ1) is 13.6. The van der Waals surface area contributed by atoms with Crippen LogP contribution in [0.2, 0.25) is 0 Å². The van der Waals surface area contributed by atoms with Crippen molar-refractivity contribution in [2.24, 2.45) is 0 Å². The number of carbonyl (C=O) groups excluding carboxylic acids is 2. The molecule has 1 aliphatic carbocycles. The van der Waals surface area contributed by atoms with Gasteiger partial charge in [-0.05, 0) is 44.7 Å². The van der Waals surface area contributed by atoms with E-state index in [1.165, 1.54) is 0 Å². The molecule has 0 saturated heterocycles. The van der Waals surface area contributed by atoms with Crippen LogP contribution in [-0.2, 0) is 4.79 Å². The average molecular weight is 377 g/mol. The zero-order valence-electron chi connectivity index (χ0n) is 15.8. The van der Waals surface area contributed by atoms with Gasteiger partial charge in [0.2, 0.25) is 5.88 Å². The number of nitrogens with zero attached hydrogens (tertiary/aromatic N) is 1. The van der Waals surface area contributed by atoms with Crippen LogP contribution in [0, 0.1) is 6.92 Å². The van der Waals surface area contributed by atoms with Crippen molar-refractivity contribution in [3.63, 3.8) is 0 Å². The maximum Gasteiger partial charge on any atom is 0.292 e. The SMILES string of the molecule is Cc1[nH]c2ccccc2c1C(=O)C(=O)NC1CCC(Oc2ccccn2)CC1. The summed E-state index contributed by atoms with van der Waals surface area (Å²) in [6.45, 7) is 1.82. The Kier molecular flexibility index (Phi) is 5.10. The number of pyridine rings is 1. The zero-order valence-corrected chi connectivity index (χ0v) is 15.8. The Morgan fingerprint density at radius 3 is 2.57 bits per heavy atom. The topological polar surface area (TPSA) is 84.1 Å². The highest BCUT2D eigenvalue weighted by Gasteiger charge is 2.28. The van der Waals surface area contributed by atoms with E-state index in [9.17, 15) is 9.59 Å². The molecule has 1 aromatic carbocycles. The lowest BCUT2D eigenvalue weighted by atomic mass is 9.92. The third-order valence-electron chi connectivity index (χ3n) is 5.26. The maximum atomic E-state index is 12.8. The number of amides is 1. The number of aromatic nitrogens is 2. The van der Waals surface area contributed by atoms with Gasteiger partial charge in [-0.25, -0.2) is 4.98 Å². The number of H-pyrrole nitrogens is 1. The summed E-state index contributed by atoms with van der Waals surface area (Å²) in [6, 6.07) is 13.1. The third kappa shape index (κ3) is 3.76. The molecule has 1 fully saturated rings. The summed E-state index contributed by atoms with van der Waals surface area (Å²) in [7, 11) is 0. The molecule has 4 rings (SSSR count). The van der Waals surface area contributed by atoms with Gasteiger partial charge in [-0.3, -0.25) is 9.59 Å². The van der Waals surface area contributed by atoms with Gasteiger partial charge in [0.1, 0.15) is 6.10 Å². The molecule has 2 heterocycles. The van der Waals surface area contributed by atoms with Crippen LogP contribution in [-0.4, -0.2) is 33.8 Å². The minimum absolute atomic E-state index is 0.00875. The minimum Gasteiger partial charge on any atom is -0.474 e. The molecule has 1 saturated carbocycles. The van der Waals surface area contributed by atoms with Gasteiger partial charge >= 0.3 is 0 Å². The smallest absolute Gasteiger partial charge is 0.292 e. The molecule has 2 aromatic heterocycles. The Morgan fingerprint density at radius 1 is 1.07 bits per heavy atom. The van der Waals surface area contributed by atoms with E-state index < -0.39 is 11.7 Å². The number of aromatic amines is 1. The van der Waals surface area contributed by atoms with Crippen molar-refractivity contribution in [2.45, 2.75) is 44.8 Å². The summed E-state index contributed by atoms with van der Waals surface area (Å²) in [6.07, 6.45) is 5.00. The van der Waals surface area contributed by atoms with Crippen LogP contribution in [0.3, 0.4) is 0 Å². The molecule has 28 heavy (non-hydrogen) atoms. The van der Waals surface area contributed by atoms with E-state index in [1.54, 1.807) is 6.20 Å². The maximum absolute atomic E-state index is 12.8. The zero-order chi connectivity index (χ0) is 19.5. The van der Waals surface area contributed by atoms with Gasteiger partial charge in [0.25, 0.3) is 11.7 Å². The fourth-order valence-electron chi connectivity index (χ4n) is 3.85. The number of ether oxygens (including phenoxy) is 1. The summed E-state index contributed by atoms with van der Waals surface area (Å²) in [5, 5.41) is 3.69. The molecule has 6 nitrogen and oxygen atoms in total. The number of carbonyl (C=O) groups is 2. The quantitative estimate of drug-likeness (QED) is 0.526. The summed E-state index contributed by atoms with van der Waals surface area (Å²) in [5.74, 6) is -0.399. The molecule has 1 amide bonds. The lowest BCUT2D eigenvalue weighted by molar-refractivity contribution is -0.118. The van der Waals surface area contributed by atoms with E-state index in [2.05, 4.69) is 15.3 Å². The number of rotatable bonds is 5. The van der Waals surface area contributed by atoms with Gasteiger partial charge in [-0.15, -0.1) is 0 Å². The molecule has 0 radical (unpaired) electrons. The lowest BCUT2D eigenvalue weighted by Crippen LogP contribution is -2.42. The van der Waals surface area contributed by atoms with Crippen LogP contribution in [0.1, 0.15) is 41.7 Å². The highest BCUT2D eigenvalue weighted by Crippen LogP contribution is 2.24. The van der Waals surface area contributed by atoms with Crippen molar-refractivity contribution < 1.29 is 14.3 Å². The van der Waals surface area contributed by atoms with Gasteiger partial charge in [-0.2, -0.15) is 0 Å². The monoisotopic (exact) mass is 377 g/mol. The summed E-state index contributed by atoms with van der Waals surface area (Å²) in [5.41, 5.74) is 2.04. The first kappa shape index (κ1) is 18.2. The van der Waals surface area contributed by atoms with Gasteiger partial charge in [0.15, 0.2) is 0 Å². The Morgan fingerprint density at radius 2 is 1.82 bits per heavy atom. The molecular formula is C22H23N3O3. The van der Waals surface area contributed by atoms with Crippen molar-refractivity contribution in [3.8, 4) is 5.88 Å². The molecule has 0 unspecified atom stereocenters. The van der Waals surface area contributed by atoms with E-state index in [1.807, 2.05) is 49.4 Å².